The molecule has 0 aliphatic heterocycles. The standard InChI is InChI=1S/C3H6O3.Ca.Mg.4H/c1-2(4)3(5)6;;;;;;/h2,4H,1H3,(H,5,6);;;;;;. The largest absolute Gasteiger partial charge is 0.316 e. The van der Waals surface area contributed by atoms with Crippen LogP contribution in [0.5, 0.6) is 0 Å². The number of hydrogen-bond donors (Lipinski definition) is 2. The van der Waals surface area contributed by atoms with Gasteiger partial charge in [-0.05, 0) is 6.92 Å². The molecule has 44 valence electrons. The summed E-state index contributed by atoms with van der Waals surface area (Å²) in [6, 6.07) is 0. The Labute approximate surface area is 93.6 Å². The van der Waals surface area contributed by atoms with Crippen LogP contribution in [0, 0.1) is 0 Å². The van der Waals surface area contributed by atoms with Gasteiger partial charge in [0.25, 0.3) is 0 Å². The molecular weight excluding hydrogens is 148 g/mol. The summed E-state index contributed by atoms with van der Waals surface area (Å²) < 4.78 is 0. The Morgan fingerprint density at radius 3 is 1.75 bits per heavy atom. The Kier molecular flexibility index (Phi) is 17.1. The molecule has 0 aromatic carbocycles. The van der Waals surface area contributed by atoms with E-state index in [1.54, 1.807) is 0 Å². The summed E-state index contributed by atoms with van der Waals surface area (Å²) in [7, 11) is 0. The van der Waals surface area contributed by atoms with Gasteiger partial charge in [-0.3, -0.25) is 0 Å². The molecular formula is C3H10CaMgO3. The monoisotopic (exact) mass is 158 g/mol. The van der Waals surface area contributed by atoms with E-state index in [0.717, 1.165) is 0 Å². The van der Waals surface area contributed by atoms with Crippen LogP contribution in [0.25, 0.3) is 0 Å². The molecule has 0 aliphatic carbocycles. The van der Waals surface area contributed by atoms with E-state index >= 15 is 0 Å². The minimum atomic E-state index is -1.23. The molecule has 2 N–H and O–H groups in total. The van der Waals surface area contributed by atoms with Gasteiger partial charge in [-0.2, -0.15) is 0 Å². The van der Waals surface area contributed by atoms with Gasteiger partial charge >= 0.3 is 66.8 Å². The average Bonchev–Trinajstić information content (AvgIpc) is 1.36. The van der Waals surface area contributed by atoms with Crippen LogP contribution in [0.3, 0.4) is 0 Å². The van der Waals surface area contributed by atoms with Crippen LogP contribution in [-0.2, 0) is 4.79 Å². The van der Waals surface area contributed by atoms with E-state index in [9.17, 15) is 4.79 Å². The van der Waals surface area contributed by atoms with Gasteiger partial charge in [0.1, 0.15) is 6.10 Å². The molecule has 0 aliphatic rings. The van der Waals surface area contributed by atoms with Crippen LogP contribution in [0.15, 0.2) is 0 Å². The van der Waals surface area contributed by atoms with Gasteiger partial charge in [0.15, 0.2) is 0 Å². The quantitative estimate of drug-likeness (QED) is 0.419. The Bertz CT molecular complexity index is 65.5. The molecule has 5 heteroatoms. The van der Waals surface area contributed by atoms with Gasteiger partial charge < -0.3 is 10.2 Å². The Morgan fingerprint density at radius 2 is 1.75 bits per heavy atom. The van der Waals surface area contributed by atoms with Crippen molar-refractivity contribution in [3.05, 3.63) is 0 Å². The summed E-state index contributed by atoms with van der Waals surface area (Å²) in [6.07, 6.45) is -1.23. The summed E-state index contributed by atoms with van der Waals surface area (Å²) in [5.74, 6) is -1.19. The van der Waals surface area contributed by atoms with Crippen molar-refractivity contribution in [2.45, 2.75) is 13.0 Å². The number of carbonyl (C=O) groups is 1. The zero-order chi connectivity index (χ0) is 5.15. The van der Waals surface area contributed by atoms with E-state index < -0.39 is 12.1 Å². The summed E-state index contributed by atoms with van der Waals surface area (Å²) in [5.41, 5.74) is 0. The molecule has 0 bridgehead atoms. The molecule has 0 saturated heterocycles. The summed E-state index contributed by atoms with van der Waals surface area (Å²) >= 11 is 0. The molecule has 0 aromatic rings. The fraction of sp³-hybridized carbons (Fsp3) is 0.667. The van der Waals surface area contributed by atoms with E-state index in [1.807, 2.05) is 0 Å². The first-order chi connectivity index (χ1) is 2.64. The SMILES string of the molecule is CC(O)C(=O)O.[CaH2].[MgH2]. The Balaban J connectivity index is -0.000000125. The Morgan fingerprint density at radius 1 is 1.62 bits per heavy atom. The topological polar surface area (TPSA) is 57.5 Å². The molecule has 8 heavy (non-hydrogen) atoms. The molecule has 0 radical (unpaired) electrons. The van der Waals surface area contributed by atoms with E-state index in [1.165, 1.54) is 6.92 Å². The van der Waals surface area contributed by atoms with Crippen molar-refractivity contribution in [2.75, 3.05) is 0 Å². The number of carboxylic acids is 1. The van der Waals surface area contributed by atoms with Crippen LogP contribution in [-0.4, -0.2) is 83.1 Å². The average molecular weight is 158 g/mol. The van der Waals surface area contributed by atoms with E-state index in [0.29, 0.717) is 0 Å². The number of rotatable bonds is 1. The van der Waals surface area contributed by atoms with E-state index in [4.69, 9.17) is 10.2 Å². The molecule has 3 nitrogen and oxygen atoms in total. The third-order valence-corrected chi connectivity index (χ3v) is 0.357. The number of aliphatic carboxylic acids is 1. The van der Waals surface area contributed by atoms with Crippen LogP contribution in [0.1, 0.15) is 6.92 Å². The molecule has 0 rings (SSSR count). The van der Waals surface area contributed by atoms with Gasteiger partial charge in [0, 0.05) is 0 Å². The molecule has 1 unspecified atom stereocenters. The predicted molar refractivity (Wildman–Crippen MR) is 36.4 cm³/mol. The van der Waals surface area contributed by atoms with Crippen molar-refractivity contribution in [1.29, 1.82) is 0 Å². The van der Waals surface area contributed by atoms with Crippen LogP contribution in [0.4, 0.5) is 0 Å². The van der Waals surface area contributed by atoms with Gasteiger partial charge in [0.05, 0.1) is 0 Å². The van der Waals surface area contributed by atoms with Crippen LogP contribution >= 0.6 is 0 Å². The molecule has 1 atom stereocenters. The molecule has 0 heterocycles. The first-order valence-electron chi connectivity index (χ1n) is 1.55. The third-order valence-electron chi connectivity index (χ3n) is 0.357. The number of hydrogen-bond acceptors (Lipinski definition) is 2. The second-order valence-corrected chi connectivity index (χ2v) is 1.01. The molecule has 0 spiro atoms. The first-order valence-corrected chi connectivity index (χ1v) is 1.55. The Hall–Kier alpha value is 1.46. The third kappa shape index (κ3) is 10.4. The maximum atomic E-state index is 9.45. The normalized spacial score (nSPS) is 10.2. The summed E-state index contributed by atoms with van der Waals surface area (Å²) in [6.45, 7) is 1.20. The fourth-order valence-corrected chi connectivity index (χ4v) is 0. The zero-order valence-electron chi connectivity index (χ0n) is 3.38. The zero-order valence-corrected chi connectivity index (χ0v) is 3.38. The van der Waals surface area contributed by atoms with E-state index in [2.05, 4.69) is 0 Å². The number of carboxylic acid groups (broad SMARTS) is 1. The number of aliphatic hydroxyl groups is 1. The van der Waals surface area contributed by atoms with Gasteiger partial charge in [-0.1, -0.05) is 0 Å². The van der Waals surface area contributed by atoms with Gasteiger partial charge in [-0.15, -0.1) is 0 Å². The minimum Gasteiger partial charge on any atom is 0.316 e. The summed E-state index contributed by atoms with van der Waals surface area (Å²) in [4.78, 5) is 9.45. The molecule has 0 amide bonds. The van der Waals surface area contributed by atoms with Crippen molar-refractivity contribution in [3.8, 4) is 0 Å². The minimum absolute atomic E-state index is 0. The molecule has 0 saturated carbocycles. The second kappa shape index (κ2) is 8.46. The number of aliphatic hydroxyl groups excluding tert-OH is 1. The van der Waals surface area contributed by atoms with Crippen molar-refractivity contribution in [1.82, 2.24) is 0 Å². The van der Waals surface area contributed by atoms with Gasteiger partial charge in [-0.25, -0.2) is 4.79 Å². The van der Waals surface area contributed by atoms with Crippen molar-refractivity contribution >= 4 is 66.8 Å². The van der Waals surface area contributed by atoms with E-state index in [-0.39, 0.29) is 60.8 Å². The maximum Gasteiger partial charge on any atom is 0.316 e. The van der Waals surface area contributed by atoms with Crippen molar-refractivity contribution in [3.63, 3.8) is 0 Å². The fourth-order valence-electron chi connectivity index (χ4n) is 0. The van der Waals surface area contributed by atoms with Crippen LogP contribution < -0.4 is 0 Å². The van der Waals surface area contributed by atoms with Crippen LogP contribution in [0.2, 0.25) is 0 Å². The van der Waals surface area contributed by atoms with Crippen molar-refractivity contribution in [2.24, 2.45) is 0 Å². The van der Waals surface area contributed by atoms with Gasteiger partial charge in [0.2, 0.25) is 0 Å². The maximum absolute atomic E-state index is 9.45. The molecule has 0 aromatic heterocycles. The first kappa shape index (κ1) is 16.2. The van der Waals surface area contributed by atoms with Crippen molar-refractivity contribution < 1.29 is 15.0 Å². The summed E-state index contributed by atoms with van der Waals surface area (Å²) in [5, 5.41) is 15.8. The predicted octanol–water partition coefficient (Wildman–Crippen LogP) is -2.38. The molecule has 0 fully saturated rings. The smallest absolute Gasteiger partial charge is 0.316 e. The second-order valence-electron chi connectivity index (χ2n) is 1.01.